The van der Waals surface area contributed by atoms with Crippen LogP contribution in [0, 0.1) is 12.7 Å². The normalized spacial score (nSPS) is 12.0. The number of halogens is 1. The first-order valence-electron chi connectivity index (χ1n) is 9.98. The number of hydrogen-bond donors (Lipinski definition) is 0. The summed E-state index contributed by atoms with van der Waals surface area (Å²) in [6, 6.07) is 19.6. The molecule has 0 spiro atoms. The van der Waals surface area contributed by atoms with Crippen molar-refractivity contribution in [3.8, 4) is 5.69 Å². The van der Waals surface area contributed by atoms with Gasteiger partial charge in [0, 0.05) is 12.6 Å². The maximum atomic E-state index is 13.4. The molecule has 1 aromatic heterocycles. The predicted octanol–water partition coefficient (Wildman–Crippen LogP) is 4.67. The molecule has 5 nitrogen and oxygen atoms in total. The van der Waals surface area contributed by atoms with Crippen LogP contribution >= 0.6 is 0 Å². The quantitative estimate of drug-likeness (QED) is 0.487. The molecule has 0 N–H and O–H groups in total. The fourth-order valence-corrected chi connectivity index (χ4v) is 3.52. The molecule has 0 fully saturated rings. The Hall–Kier alpha value is -3.80. The number of rotatable bonds is 4. The summed E-state index contributed by atoms with van der Waals surface area (Å²) < 4.78 is 14.8. The zero-order chi connectivity index (χ0) is 22.1. The summed E-state index contributed by atoms with van der Waals surface area (Å²) in [4.78, 5) is 32.7. The van der Waals surface area contributed by atoms with Gasteiger partial charge in [0.25, 0.3) is 11.5 Å². The van der Waals surface area contributed by atoms with Gasteiger partial charge in [-0.15, -0.1) is 0 Å². The molecule has 0 aliphatic heterocycles. The van der Waals surface area contributed by atoms with Crippen LogP contribution in [0.5, 0.6) is 0 Å². The molecular formula is C25H22FN3O2. The second-order valence-corrected chi connectivity index (χ2v) is 7.56. The number of benzene rings is 3. The number of carbonyl (C=O) groups is 1. The van der Waals surface area contributed by atoms with Crippen LogP contribution in [0.2, 0.25) is 0 Å². The largest absolute Gasteiger partial charge is 0.332 e. The van der Waals surface area contributed by atoms with Crippen LogP contribution in [0.25, 0.3) is 16.6 Å². The number of aromatic nitrogens is 2. The van der Waals surface area contributed by atoms with Crippen molar-refractivity contribution in [1.82, 2.24) is 14.5 Å². The van der Waals surface area contributed by atoms with Gasteiger partial charge in [-0.25, -0.2) is 9.37 Å². The number of carbonyl (C=O) groups excluding carboxylic acids is 1. The van der Waals surface area contributed by atoms with E-state index in [-0.39, 0.29) is 11.5 Å². The molecule has 4 aromatic rings. The first-order chi connectivity index (χ1) is 14.9. The van der Waals surface area contributed by atoms with Crippen LogP contribution in [0.15, 0.2) is 77.6 Å². The van der Waals surface area contributed by atoms with E-state index in [1.54, 1.807) is 29.8 Å². The standard InChI is InChI=1S/C25H22FN3O2/c1-16-8-14-20(15-9-16)29-23(27-22-7-5-4-6-21(22)25(29)31)17(2)28(3)24(30)18-10-12-19(26)13-11-18/h4-15,17H,1-3H3. The molecule has 4 rings (SSSR count). The van der Waals surface area contributed by atoms with E-state index in [1.807, 2.05) is 44.2 Å². The molecule has 156 valence electrons. The fraction of sp³-hybridized carbons (Fsp3) is 0.160. The van der Waals surface area contributed by atoms with Crippen LogP contribution in [0.1, 0.15) is 34.7 Å². The molecule has 0 aliphatic carbocycles. The van der Waals surface area contributed by atoms with E-state index in [2.05, 4.69) is 0 Å². The summed E-state index contributed by atoms with van der Waals surface area (Å²) in [6.45, 7) is 3.80. The molecule has 0 radical (unpaired) electrons. The maximum absolute atomic E-state index is 13.4. The van der Waals surface area contributed by atoms with Gasteiger partial charge < -0.3 is 4.90 Å². The second kappa shape index (κ2) is 8.14. The molecule has 1 atom stereocenters. The van der Waals surface area contributed by atoms with Gasteiger partial charge in [-0.3, -0.25) is 14.2 Å². The lowest BCUT2D eigenvalue weighted by Gasteiger charge is -2.27. The Morgan fingerprint density at radius 1 is 1.00 bits per heavy atom. The molecule has 6 heteroatoms. The van der Waals surface area contributed by atoms with Crippen LogP contribution in [-0.2, 0) is 0 Å². The lowest BCUT2D eigenvalue weighted by Crippen LogP contribution is -2.34. The van der Waals surface area contributed by atoms with Crippen LogP contribution in [0.4, 0.5) is 4.39 Å². The summed E-state index contributed by atoms with van der Waals surface area (Å²) >= 11 is 0. The van der Waals surface area contributed by atoms with Crippen LogP contribution < -0.4 is 5.56 Å². The van der Waals surface area contributed by atoms with Crippen molar-refractivity contribution in [2.24, 2.45) is 0 Å². The lowest BCUT2D eigenvalue weighted by molar-refractivity contribution is 0.0735. The average Bonchev–Trinajstić information content (AvgIpc) is 2.79. The average molecular weight is 415 g/mol. The Morgan fingerprint density at radius 2 is 1.65 bits per heavy atom. The molecule has 0 saturated carbocycles. The third-order valence-electron chi connectivity index (χ3n) is 5.46. The number of aryl methyl sites for hydroxylation is 1. The molecule has 31 heavy (non-hydrogen) atoms. The van der Waals surface area contributed by atoms with E-state index in [9.17, 15) is 14.0 Å². The first kappa shape index (κ1) is 20.5. The van der Waals surface area contributed by atoms with Gasteiger partial charge in [0.15, 0.2) is 0 Å². The van der Waals surface area contributed by atoms with Gasteiger partial charge in [-0.1, -0.05) is 29.8 Å². The van der Waals surface area contributed by atoms with Crippen molar-refractivity contribution < 1.29 is 9.18 Å². The number of fused-ring (bicyclic) bond motifs is 1. The number of amides is 1. The fourth-order valence-electron chi connectivity index (χ4n) is 3.52. The van der Waals surface area contributed by atoms with E-state index < -0.39 is 11.9 Å². The minimum atomic E-state index is -0.517. The highest BCUT2D eigenvalue weighted by atomic mass is 19.1. The second-order valence-electron chi connectivity index (χ2n) is 7.56. The Labute approximate surface area is 179 Å². The van der Waals surface area contributed by atoms with E-state index in [1.165, 1.54) is 29.2 Å². The molecular weight excluding hydrogens is 393 g/mol. The Balaban J connectivity index is 1.86. The minimum absolute atomic E-state index is 0.195. The third-order valence-corrected chi connectivity index (χ3v) is 5.46. The lowest BCUT2D eigenvalue weighted by atomic mass is 10.1. The van der Waals surface area contributed by atoms with Crippen molar-refractivity contribution in [1.29, 1.82) is 0 Å². The Morgan fingerprint density at radius 3 is 2.32 bits per heavy atom. The van der Waals surface area contributed by atoms with Crippen molar-refractivity contribution >= 4 is 16.8 Å². The Kier molecular flexibility index (Phi) is 5.38. The van der Waals surface area contributed by atoms with E-state index in [4.69, 9.17) is 4.98 Å². The summed E-state index contributed by atoms with van der Waals surface area (Å²) in [7, 11) is 1.65. The first-order valence-corrected chi connectivity index (χ1v) is 9.98. The summed E-state index contributed by atoms with van der Waals surface area (Å²) in [5.41, 5.74) is 2.49. The summed E-state index contributed by atoms with van der Waals surface area (Å²) in [6.07, 6.45) is 0. The van der Waals surface area contributed by atoms with Crippen LogP contribution in [0.3, 0.4) is 0 Å². The van der Waals surface area contributed by atoms with E-state index in [0.717, 1.165) is 5.56 Å². The van der Waals surface area contributed by atoms with Gasteiger partial charge in [0.05, 0.1) is 22.6 Å². The summed E-state index contributed by atoms with van der Waals surface area (Å²) in [5.74, 6) is -0.243. The van der Waals surface area contributed by atoms with Gasteiger partial charge in [-0.2, -0.15) is 0 Å². The molecule has 0 aliphatic rings. The molecule has 1 amide bonds. The molecule has 0 bridgehead atoms. The monoisotopic (exact) mass is 415 g/mol. The van der Waals surface area contributed by atoms with E-state index in [0.29, 0.717) is 28.0 Å². The van der Waals surface area contributed by atoms with Crippen molar-refractivity contribution in [3.05, 3.63) is 106 Å². The highest BCUT2D eigenvalue weighted by Gasteiger charge is 2.25. The van der Waals surface area contributed by atoms with E-state index >= 15 is 0 Å². The van der Waals surface area contributed by atoms with Crippen molar-refractivity contribution in [2.45, 2.75) is 19.9 Å². The zero-order valence-corrected chi connectivity index (χ0v) is 17.5. The van der Waals surface area contributed by atoms with Crippen LogP contribution in [-0.4, -0.2) is 27.4 Å². The highest BCUT2D eigenvalue weighted by Crippen LogP contribution is 2.23. The minimum Gasteiger partial charge on any atom is -0.332 e. The topological polar surface area (TPSA) is 55.2 Å². The number of nitrogens with zero attached hydrogens (tertiary/aromatic N) is 3. The third kappa shape index (κ3) is 3.84. The van der Waals surface area contributed by atoms with Gasteiger partial charge in [0.2, 0.25) is 0 Å². The Bertz CT molecular complexity index is 1310. The smallest absolute Gasteiger partial charge is 0.266 e. The van der Waals surface area contributed by atoms with Gasteiger partial charge in [0.1, 0.15) is 11.6 Å². The van der Waals surface area contributed by atoms with Gasteiger partial charge in [-0.05, 0) is 62.4 Å². The molecule has 1 unspecified atom stereocenters. The molecule has 1 heterocycles. The van der Waals surface area contributed by atoms with Crippen molar-refractivity contribution in [2.75, 3.05) is 7.05 Å². The highest BCUT2D eigenvalue weighted by molar-refractivity contribution is 5.94. The molecule has 3 aromatic carbocycles. The number of hydrogen-bond acceptors (Lipinski definition) is 3. The zero-order valence-electron chi connectivity index (χ0n) is 17.5. The molecule has 0 saturated heterocycles. The summed E-state index contributed by atoms with van der Waals surface area (Å²) in [5, 5.41) is 0.506. The maximum Gasteiger partial charge on any atom is 0.266 e. The number of para-hydroxylation sites is 1. The van der Waals surface area contributed by atoms with Gasteiger partial charge >= 0.3 is 0 Å². The SMILES string of the molecule is Cc1ccc(-n2c(C(C)N(C)C(=O)c3ccc(F)cc3)nc3ccccc3c2=O)cc1. The van der Waals surface area contributed by atoms with Crippen molar-refractivity contribution in [3.63, 3.8) is 0 Å². The predicted molar refractivity (Wildman–Crippen MR) is 119 cm³/mol.